The van der Waals surface area contributed by atoms with Gasteiger partial charge in [-0.25, -0.2) is 9.37 Å². The number of rotatable bonds is 5. The number of ether oxygens (including phenoxy) is 1. The summed E-state index contributed by atoms with van der Waals surface area (Å²) in [6, 6.07) is 4.71. The van der Waals surface area contributed by atoms with Crippen molar-refractivity contribution in [2.45, 2.75) is 25.8 Å². The van der Waals surface area contributed by atoms with E-state index in [1.807, 2.05) is 4.90 Å². The highest BCUT2D eigenvalue weighted by Gasteiger charge is 2.32. The van der Waals surface area contributed by atoms with Crippen molar-refractivity contribution in [2.24, 2.45) is 0 Å². The van der Waals surface area contributed by atoms with E-state index in [1.54, 1.807) is 13.0 Å². The van der Waals surface area contributed by atoms with Gasteiger partial charge in [-0.1, -0.05) is 0 Å². The van der Waals surface area contributed by atoms with Gasteiger partial charge in [-0.2, -0.15) is 0 Å². The summed E-state index contributed by atoms with van der Waals surface area (Å²) in [6.07, 6.45) is 2.07. The monoisotopic (exact) mass is 277 g/mol. The van der Waals surface area contributed by atoms with Crippen LogP contribution in [0.3, 0.4) is 0 Å². The van der Waals surface area contributed by atoms with Crippen LogP contribution < -0.4 is 4.90 Å². The van der Waals surface area contributed by atoms with Crippen LogP contribution in [-0.4, -0.2) is 35.1 Å². The lowest BCUT2D eigenvalue weighted by Gasteiger charge is -2.20. The molecule has 106 valence electrons. The molecule has 1 aromatic heterocycles. The molecule has 0 atom stereocenters. The number of esters is 1. The molecule has 0 unspecified atom stereocenters. The number of nitrogens with zero attached hydrogens (tertiary/aromatic N) is 2. The van der Waals surface area contributed by atoms with Crippen molar-refractivity contribution in [3.05, 3.63) is 24.0 Å². The normalized spacial score (nSPS) is 14.5. The molecule has 1 aliphatic rings. The van der Waals surface area contributed by atoms with Crippen molar-refractivity contribution in [1.29, 1.82) is 0 Å². The van der Waals surface area contributed by atoms with Gasteiger partial charge in [0.15, 0.2) is 0 Å². The van der Waals surface area contributed by atoms with Crippen LogP contribution in [0.25, 0.3) is 11.0 Å². The molecule has 5 nitrogen and oxygen atoms in total. The Bertz CT molecular complexity index is 636. The second-order valence-corrected chi connectivity index (χ2v) is 4.89. The summed E-state index contributed by atoms with van der Waals surface area (Å²) in [7, 11) is 0. The fourth-order valence-electron chi connectivity index (χ4n) is 2.21. The summed E-state index contributed by atoms with van der Waals surface area (Å²) >= 11 is 0. The molecule has 1 fully saturated rings. The van der Waals surface area contributed by atoms with Gasteiger partial charge in [0.2, 0.25) is 5.95 Å². The Morgan fingerprint density at radius 1 is 1.55 bits per heavy atom. The predicted molar refractivity (Wildman–Crippen MR) is 73.1 cm³/mol. The third-order valence-corrected chi connectivity index (χ3v) is 3.30. The molecular formula is C14H16FN3O2. The first-order valence-electron chi connectivity index (χ1n) is 6.75. The van der Waals surface area contributed by atoms with Crippen molar-refractivity contribution in [3.8, 4) is 0 Å². The van der Waals surface area contributed by atoms with Crippen LogP contribution in [0, 0.1) is 5.82 Å². The smallest absolute Gasteiger partial charge is 0.325 e. The van der Waals surface area contributed by atoms with E-state index in [4.69, 9.17) is 4.74 Å². The van der Waals surface area contributed by atoms with E-state index in [0.29, 0.717) is 29.6 Å². The molecule has 0 saturated heterocycles. The van der Waals surface area contributed by atoms with Gasteiger partial charge in [0.1, 0.15) is 12.4 Å². The predicted octanol–water partition coefficient (Wildman–Crippen LogP) is 2.23. The fraction of sp³-hybridized carbons (Fsp3) is 0.429. The number of hydrogen-bond donors (Lipinski definition) is 1. The van der Waals surface area contributed by atoms with Crippen molar-refractivity contribution in [1.82, 2.24) is 9.97 Å². The number of hydrogen-bond acceptors (Lipinski definition) is 4. The third kappa shape index (κ3) is 2.59. The highest BCUT2D eigenvalue weighted by molar-refractivity contribution is 5.80. The second kappa shape index (κ2) is 5.11. The maximum absolute atomic E-state index is 13.2. The third-order valence-electron chi connectivity index (χ3n) is 3.30. The Morgan fingerprint density at radius 2 is 2.35 bits per heavy atom. The summed E-state index contributed by atoms with van der Waals surface area (Å²) in [5.41, 5.74) is 1.32. The van der Waals surface area contributed by atoms with Crippen LogP contribution in [0.1, 0.15) is 19.8 Å². The fourth-order valence-corrected chi connectivity index (χ4v) is 2.21. The van der Waals surface area contributed by atoms with Gasteiger partial charge >= 0.3 is 5.97 Å². The molecule has 0 radical (unpaired) electrons. The van der Waals surface area contributed by atoms with Crippen LogP contribution in [0.4, 0.5) is 10.3 Å². The van der Waals surface area contributed by atoms with Gasteiger partial charge in [0.05, 0.1) is 17.6 Å². The minimum Gasteiger partial charge on any atom is -0.465 e. The zero-order valence-electron chi connectivity index (χ0n) is 11.2. The molecule has 0 spiro atoms. The van der Waals surface area contributed by atoms with E-state index in [0.717, 1.165) is 12.8 Å². The number of carbonyl (C=O) groups excluding carboxylic acids is 1. The second-order valence-electron chi connectivity index (χ2n) is 4.89. The zero-order valence-corrected chi connectivity index (χ0v) is 11.2. The summed E-state index contributed by atoms with van der Waals surface area (Å²) in [4.78, 5) is 21.1. The molecule has 0 bridgehead atoms. The minimum absolute atomic E-state index is 0.167. The number of H-pyrrole nitrogens is 1. The Labute approximate surface area is 115 Å². The largest absolute Gasteiger partial charge is 0.465 e. The molecule has 1 saturated carbocycles. The molecule has 1 aromatic carbocycles. The molecule has 3 rings (SSSR count). The molecule has 1 heterocycles. The van der Waals surface area contributed by atoms with Gasteiger partial charge in [-0.15, -0.1) is 0 Å². The number of imidazole rings is 1. The number of carbonyl (C=O) groups is 1. The summed E-state index contributed by atoms with van der Waals surface area (Å²) in [5, 5.41) is 0. The molecule has 1 aliphatic carbocycles. The van der Waals surface area contributed by atoms with Gasteiger partial charge in [-0.05, 0) is 38.0 Å². The molecule has 0 aliphatic heterocycles. The van der Waals surface area contributed by atoms with E-state index in [9.17, 15) is 9.18 Å². The van der Waals surface area contributed by atoms with Crippen LogP contribution in [-0.2, 0) is 9.53 Å². The lowest BCUT2D eigenvalue weighted by molar-refractivity contribution is -0.141. The molecule has 1 N–H and O–H groups in total. The molecule has 6 heteroatoms. The topological polar surface area (TPSA) is 58.2 Å². The van der Waals surface area contributed by atoms with Crippen LogP contribution in [0.5, 0.6) is 0 Å². The average Bonchev–Trinajstić information content (AvgIpc) is 3.16. The Kier molecular flexibility index (Phi) is 3.30. The van der Waals surface area contributed by atoms with Crippen molar-refractivity contribution < 1.29 is 13.9 Å². The van der Waals surface area contributed by atoms with Crippen LogP contribution in [0.15, 0.2) is 18.2 Å². The Morgan fingerprint density at radius 3 is 3.05 bits per heavy atom. The summed E-state index contributed by atoms with van der Waals surface area (Å²) < 4.78 is 18.2. The van der Waals surface area contributed by atoms with E-state index < -0.39 is 0 Å². The number of aromatic nitrogens is 2. The first-order chi connectivity index (χ1) is 9.67. The number of halogens is 1. The number of nitrogens with one attached hydrogen (secondary N) is 1. The van der Waals surface area contributed by atoms with Gasteiger partial charge in [0.25, 0.3) is 0 Å². The first-order valence-corrected chi connectivity index (χ1v) is 6.75. The average molecular weight is 277 g/mol. The Hall–Kier alpha value is -2.11. The van der Waals surface area contributed by atoms with E-state index >= 15 is 0 Å². The standard InChI is InChI=1S/C14H16FN3O2/c1-2-20-13(19)8-18(10-4-5-10)14-16-11-6-3-9(15)7-12(11)17-14/h3,6-7,10H,2,4-5,8H2,1H3,(H,16,17). The SMILES string of the molecule is CCOC(=O)CN(c1nc2ccc(F)cc2[nH]1)C1CC1. The zero-order chi connectivity index (χ0) is 14.1. The Balaban J connectivity index is 1.87. The van der Waals surface area contributed by atoms with Crippen molar-refractivity contribution in [2.75, 3.05) is 18.1 Å². The summed E-state index contributed by atoms with van der Waals surface area (Å²) in [6.45, 7) is 2.31. The highest BCUT2D eigenvalue weighted by Crippen LogP contribution is 2.31. The lowest BCUT2D eigenvalue weighted by atomic mass is 10.3. The lowest BCUT2D eigenvalue weighted by Crippen LogP contribution is -2.33. The molecular weight excluding hydrogens is 261 g/mol. The van der Waals surface area contributed by atoms with Crippen molar-refractivity contribution in [3.63, 3.8) is 0 Å². The highest BCUT2D eigenvalue weighted by atomic mass is 19.1. The maximum Gasteiger partial charge on any atom is 0.325 e. The van der Waals surface area contributed by atoms with Gasteiger partial charge < -0.3 is 14.6 Å². The first kappa shape index (κ1) is 12.9. The molecule has 0 amide bonds. The molecule has 2 aromatic rings. The summed E-state index contributed by atoms with van der Waals surface area (Å²) in [5.74, 6) is 0.0169. The maximum atomic E-state index is 13.2. The minimum atomic E-state index is -0.309. The van der Waals surface area contributed by atoms with E-state index in [1.165, 1.54) is 12.1 Å². The van der Waals surface area contributed by atoms with Crippen molar-refractivity contribution >= 4 is 23.0 Å². The number of fused-ring (bicyclic) bond motifs is 1. The van der Waals surface area contributed by atoms with Crippen LogP contribution in [0.2, 0.25) is 0 Å². The number of anilines is 1. The number of aromatic amines is 1. The quantitative estimate of drug-likeness (QED) is 0.851. The van der Waals surface area contributed by atoms with Gasteiger partial charge in [-0.3, -0.25) is 4.79 Å². The molecule has 20 heavy (non-hydrogen) atoms. The van der Waals surface area contributed by atoms with Gasteiger partial charge in [0, 0.05) is 6.04 Å². The van der Waals surface area contributed by atoms with Crippen LogP contribution >= 0.6 is 0 Å². The number of benzene rings is 1. The van der Waals surface area contributed by atoms with E-state index in [-0.39, 0.29) is 18.3 Å². The van der Waals surface area contributed by atoms with E-state index in [2.05, 4.69) is 9.97 Å².